The average Bonchev–Trinajstić information content (AvgIpc) is 2.99. The summed E-state index contributed by atoms with van der Waals surface area (Å²) in [6, 6.07) is 9.27. The standard InChI is InChI=1S/C25H28FN3O3/c26-21-10-6-9-20(14-21)25(15-22(30)28-12-4-2-1-3-5-13-28)16-23(31)29(24(25)32)18-19-8-7-11-27-17-19/h6-11,14,17H,1-5,12-13,15-16,18H2. The number of nitrogens with zero attached hydrogens (tertiary/aromatic N) is 3. The van der Waals surface area contributed by atoms with Crippen molar-refractivity contribution in [3.63, 3.8) is 0 Å². The lowest BCUT2D eigenvalue weighted by Crippen LogP contribution is -2.44. The predicted octanol–water partition coefficient (Wildman–Crippen LogP) is 3.60. The molecule has 1 unspecified atom stereocenters. The van der Waals surface area contributed by atoms with Crippen molar-refractivity contribution in [3.05, 3.63) is 65.7 Å². The van der Waals surface area contributed by atoms with Crippen LogP contribution >= 0.6 is 0 Å². The van der Waals surface area contributed by atoms with Crippen molar-refractivity contribution < 1.29 is 18.8 Å². The zero-order chi connectivity index (χ0) is 22.6. The first-order chi connectivity index (χ1) is 15.5. The number of likely N-dealkylation sites (tertiary alicyclic amines) is 2. The molecule has 2 aliphatic heterocycles. The van der Waals surface area contributed by atoms with Crippen LogP contribution in [-0.2, 0) is 26.3 Å². The summed E-state index contributed by atoms with van der Waals surface area (Å²) in [4.78, 5) is 47.1. The summed E-state index contributed by atoms with van der Waals surface area (Å²) in [7, 11) is 0. The first-order valence-corrected chi connectivity index (χ1v) is 11.3. The molecule has 4 rings (SSSR count). The summed E-state index contributed by atoms with van der Waals surface area (Å²) in [6.07, 6.45) is 8.14. The van der Waals surface area contributed by atoms with Crippen LogP contribution in [0.25, 0.3) is 0 Å². The van der Waals surface area contributed by atoms with Gasteiger partial charge >= 0.3 is 0 Å². The first-order valence-electron chi connectivity index (χ1n) is 11.3. The van der Waals surface area contributed by atoms with Crippen molar-refractivity contribution >= 4 is 17.7 Å². The van der Waals surface area contributed by atoms with E-state index in [1.165, 1.54) is 29.5 Å². The van der Waals surface area contributed by atoms with E-state index in [4.69, 9.17) is 0 Å². The fourth-order valence-electron chi connectivity index (χ4n) is 4.75. The van der Waals surface area contributed by atoms with Crippen LogP contribution in [0, 0.1) is 5.82 Å². The molecule has 1 atom stereocenters. The van der Waals surface area contributed by atoms with Gasteiger partial charge in [0.25, 0.3) is 0 Å². The maximum Gasteiger partial charge on any atom is 0.241 e. The lowest BCUT2D eigenvalue weighted by atomic mass is 9.75. The number of amides is 3. The summed E-state index contributed by atoms with van der Waals surface area (Å²) in [5, 5.41) is 0. The number of imide groups is 1. The van der Waals surface area contributed by atoms with E-state index in [0.717, 1.165) is 31.2 Å². The molecule has 0 saturated carbocycles. The van der Waals surface area contributed by atoms with Crippen molar-refractivity contribution in [2.75, 3.05) is 13.1 Å². The van der Waals surface area contributed by atoms with Crippen LogP contribution in [-0.4, -0.2) is 45.6 Å². The Hall–Kier alpha value is -3.09. The molecule has 0 bridgehead atoms. The van der Waals surface area contributed by atoms with Crippen LogP contribution < -0.4 is 0 Å². The molecule has 2 fully saturated rings. The van der Waals surface area contributed by atoms with Crippen molar-refractivity contribution in [2.24, 2.45) is 0 Å². The molecule has 1 aromatic heterocycles. The fraction of sp³-hybridized carbons (Fsp3) is 0.440. The molecule has 0 spiro atoms. The molecule has 2 saturated heterocycles. The largest absolute Gasteiger partial charge is 0.343 e. The molecule has 0 N–H and O–H groups in total. The van der Waals surface area contributed by atoms with Gasteiger partial charge in [-0.15, -0.1) is 0 Å². The van der Waals surface area contributed by atoms with Gasteiger partial charge in [0.15, 0.2) is 0 Å². The summed E-state index contributed by atoms with van der Waals surface area (Å²) >= 11 is 0. The number of carbonyl (C=O) groups excluding carboxylic acids is 3. The number of carbonyl (C=O) groups is 3. The van der Waals surface area contributed by atoms with E-state index in [2.05, 4.69) is 4.98 Å². The number of aromatic nitrogens is 1. The Morgan fingerprint density at radius 1 is 1.03 bits per heavy atom. The first kappa shape index (κ1) is 22.1. The van der Waals surface area contributed by atoms with Gasteiger partial charge in [-0.1, -0.05) is 37.5 Å². The Balaban J connectivity index is 1.65. The number of hydrogen-bond acceptors (Lipinski definition) is 4. The average molecular weight is 438 g/mol. The van der Waals surface area contributed by atoms with E-state index < -0.39 is 17.1 Å². The third kappa shape index (κ3) is 4.56. The minimum atomic E-state index is -1.39. The number of rotatable bonds is 5. The molecule has 3 amide bonds. The van der Waals surface area contributed by atoms with E-state index in [1.54, 1.807) is 30.6 Å². The Kier molecular flexibility index (Phi) is 6.63. The van der Waals surface area contributed by atoms with Crippen LogP contribution in [0.15, 0.2) is 48.8 Å². The zero-order valence-corrected chi connectivity index (χ0v) is 18.1. The molecular weight excluding hydrogens is 409 g/mol. The SMILES string of the molecule is O=C(CC1(c2cccc(F)c2)CC(=O)N(Cc2cccnc2)C1=O)N1CCCCCCC1. The van der Waals surface area contributed by atoms with E-state index in [1.807, 2.05) is 4.90 Å². The fourth-order valence-corrected chi connectivity index (χ4v) is 4.75. The Morgan fingerprint density at radius 3 is 2.47 bits per heavy atom. The molecule has 0 aliphatic carbocycles. The Labute approximate surface area is 187 Å². The Morgan fingerprint density at radius 2 is 1.78 bits per heavy atom. The monoisotopic (exact) mass is 437 g/mol. The molecule has 6 nitrogen and oxygen atoms in total. The van der Waals surface area contributed by atoms with Crippen molar-refractivity contribution in [1.82, 2.24) is 14.8 Å². The molecular formula is C25H28FN3O3. The van der Waals surface area contributed by atoms with E-state index in [-0.39, 0.29) is 31.2 Å². The van der Waals surface area contributed by atoms with Gasteiger partial charge in [0, 0.05) is 38.3 Å². The maximum atomic E-state index is 14.1. The third-order valence-electron chi connectivity index (χ3n) is 6.51. The molecule has 7 heteroatoms. The second kappa shape index (κ2) is 9.59. The molecule has 1 aromatic carbocycles. The highest BCUT2D eigenvalue weighted by atomic mass is 19.1. The summed E-state index contributed by atoms with van der Waals surface area (Å²) in [5.41, 5.74) is -0.287. The van der Waals surface area contributed by atoms with Crippen LogP contribution in [0.1, 0.15) is 56.1 Å². The van der Waals surface area contributed by atoms with Gasteiger partial charge in [-0.2, -0.15) is 0 Å². The molecule has 3 heterocycles. The summed E-state index contributed by atoms with van der Waals surface area (Å²) < 4.78 is 14.1. The number of pyridine rings is 1. The normalized spacial score (nSPS) is 22.0. The van der Waals surface area contributed by atoms with Gasteiger partial charge in [0.2, 0.25) is 17.7 Å². The highest BCUT2D eigenvalue weighted by Gasteiger charge is 2.54. The molecule has 168 valence electrons. The summed E-state index contributed by atoms with van der Waals surface area (Å²) in [5.74, 6) is -1.45. The van der Waals surface area contributed by atoms with Gasteiger partial charge in [-0.05, 0) is 42.2 Å². The topological polar surface area (TPSA) is 70.6 Å². The second-order valence-electron chi connectivity index (χ2n) is 8.74. The highest BCUT2D eigenvalue weighted by Crippen LogP contribution is 2.41. The molecule has 32 heavy (non-hydrogen) atoms. The predicted molar refractivity (Wildman–Crippen MR) is 117 cm³/mol. The smallest absolute Gasteiger partial charge is 0.241 e. The minimum absolute atomic E-state index is 0.0838. The van der Waals surface area contributed by atoms with Gasteiger partial charge in [0.1, 0.15) is 5.82 Å². The van der Waals surface area contributed by atoms with Crippen LogP contribution in [0.5, 0.6) is 0 Å². The Bertz CT molecular complexity index is 989. The van der Waals surface area contributed by atoms with Crippen LogP contribution in [0.4, 0.5) is 4.39 Å². The molecule has 2 aromatic rings. The minimum Gasteiger partial charge on any atom is -0.343 e. The van der Waals surface area contributed by atoms with E-state index >= 15 is 0 Å². The quantitative estimate of drug-likeness (QED) is 0.670. The summed E-state index contributed by atoms with van der Waals surface area (Å²) in [6.45, 7) is 1.39. The van der Waals surface area contributed by atoms with E-state index in [0.29, 0.717) is 18.7 Å². The van der Waals surface area contributed by atoms with Crippen molar-refractivity contribution in [1.29, 1.82) is 0 Å². The third-order valence-corrected chi connectivity index (χ3v) is 6.51. The molecule has 0 radical (unpaired) electrons. The lowest BCUT2D eigenvalue weighted by molar-refractivity contribution is -0.143. The lowest BCUT2D eigenvalue weighted by Gasteiger charge is -2.31. The highest BCUT2D eigenvalue weighted by molar-refractivity contribution is 6.10. The van der Waals surface area contributed by atoms with Gasteiger partial charge in [0.05, 0.1) is 12.0 Å². The maximum absolute atomic E-state index is 14.1. The van der Waals surface area contributed by atoms with Crippen molar-refractivity contribution in [2.45, 2.75) is 56.9 Å². The van der Waals surface area contributed by atoms with Crippen molar-refractivity contribution in [3.8, 4) is 0 Å². The molecule has 2 aliphatic rings. The van der Waals surface area contributed by atoms with Gasteiger partial charge < -0.3 is 4.90 Å². The van der Waals surface area contributed by atoms with E-state index in [9.17, 15) is 18.8 Å². The zero-order valence-electron chi connectivity index (χ0n) is 18.1. The van der Waals surface area contributed by atoms with Gasteiger partial charge in [-0.25, -0.2) is 4.39 Å². The van der Waals surface area contributed by atoms with Crippen LogP contribution in [0.3, 0.4) is 0 Å². The van der Waals surface area contributed by atoms with Crippen LogP contribution in [0.2, 0.25) is 0 Å². The number of benzene rings is 1. The van der Waals surface area contributed by atoms with Gasteiger partial charge in [-0.3, -0.25) is 24.3 Å². The second-order valence-corrected chi connectivity index (χ2v) is 8.74. The number of halogens is 1. The number of hydrogen-bond donors (Lipinski definition) is 0.